The highest BCUT2D eigenvalue weighted by Crippen LogP contribution is 2.36. The number of rotatable bonds is 4. The Morgan fingerprint density at radius 1 is 1.15 bits per heavy atom. The van der Waals surface area contributed by atoms with E-state index in [4.69, 9.17) is 21.1 Å². The van der Waals surface area contributed by atoms with Crippen molar-refractivity contribution in [1.29, 1.82) is 0 Å². The van der Waals surface area contributed by atoms with Crippen LogP contribution in [-0.4, -0.2) is 11.7 Å². The highest BCUT2D eigenvalue weighted by atomic mass is 35.5. The van der Waals surface area contributed by atoms with Crippen LogP contribution in [0.25, 0.3) is 11.3 Å². The van der Waals surface area contributed by atoms with Crippen LogP contribution >= 0.6 is 11.6 Å². The van der Waals surface area contributed by atoms with Crippen LogP contribution in [0.4, 0.5) is 13.2 Å². The van der Waals surface area contributed by atoms with E-state index < -0.39 is 11.7 Å². The molecule has 0 radical (unpaired) electrons. The molecule has 0 unspecified atom stereocenters. The van der Waals surface area contributed by atoms with Crippen molar-refractivity contribution >= 4 is 11.6 Å². The third-order valence-electron chi connectivity index (χ3n) is 2.80. The van der Waals surface area contributed by atoms with E-state index in [1.807, 2.05) is 0 Å². The zero-order chi connectivity index (χ0) is 14.8. The predicted octanol–water partition coefficient (Wildman–Crippen LogP) is 4.54. The summed E-state index contributed by atoms with van der Waals surface area (Å²) in [5, 5.41) is 8.72. The van der Waals surface area contributed by atoms with Crippen LogP contribution in [-0.2, 0) is 12.6 Å². The number of aliphatic hydroxyl groups excluding tert-OH is 1. The molecule has 0 saturated heterocycles. The Morgan fingerprint density at radius 2 is 1.90 bits per heavy atom. The van der Waals surface area contributed by atoms with Crippen molar-refractivity contribution in [1.82, 2.24) is 0 Å². The lowest BCUT2D eigenvalue weighted by Gasteiger charge is -2.08. The summed E-state index contributed by atoms with van der Waals surface area (Å²) in [7, 11) is 0. The van der Waals surface area contributed by atoms with Gasteiger partial charge >= 0.3 is 6.18 Å². The molecule has 2 rings (SSSR count). The van der Waals surface area contributed by atoms with Gasteiger partial charge in [-0.05, 0) is 36.8 Å². The van der Waals surface area contributed by atoms with Gasteiger partial charge < -0.3 is 9.52 Å². The van der Waals surface area contributed by atoms with Gasteiger partial charge in [0.15, 0.2) is 0 Å². The van der Waals surface area contributed by atoms with Gasteiger partial charge in [-0.2, -0.15) is 13.2 Å². The summed E-state index contributed by atoms with van der Waals surface area (Å²) in [5.74, 6) is 1.07. The molecule has 0 saturated carbocycles. The minimum Gasteiger partial charge on any atom is -0.461 e. The third kappa shape index (κ3) is 3.35. The lowest BCUT2D eigenvalue weighted by atomic mass is 10.1. The molecular formula is C14H12ClF3O2. The topological polar surface area (TPSA) is 33.4 Å². The third-order valence-corrected chi connectivity index (χ3v) is 3.12. The molecule has 2 aromatic rings. The van der Waals surface area contributed by atoms with E-state index in [0.717, 1.165) is 12.1 Å². The fourth-order valence-corrected chi connectivity index (χ4v) is 2.08. The zero-order valence-electron chi connectivity index (χ0n) is 10.4. The first-order chi connectivity index (χ1) is 9.41. The molecule has 0 aliphatic heterocycles. The van der Waals surface area contributed by atoms with Crippen molar-refractivity contribution in [2.75, 3.05) is 6.61 Å². The molecule has 1 aromatic heterocycles. The normalized spacial score (nSPS) is 11.8. The number of aryl methyl sites for hydroxylation is 1. The summed E-state index contributed by atoms with van der Waals surface area (Å²) in [6.07, 6.45) is -3.29. The van der Waals surface area contributed by atoms with Crippen LogP contribution in [0.5, 0.6) is 0 Å². The summed E-state index contributed by atoms with van der Waals surface area (Å²) in [5.41, 5.74) is -0.381. The molecule has 1 N–H and O–H groups in total. The molecule has 108 valence electrons. The SMILES string of the molecule is OCCCc1ccc(-c2ccc(C(F)(F)F)cc2Cl)o1. The van der Waals surface area contributed by atoms with Gasteiger partial charge in [0.2, 0.25) is 0 Å². The van der Waals surface area contributed by atoms with Gasteiger partial charge in [-0.15, -0.1) is 0 Å². The van der Waals surface area contributed by atoms with Crippen molar-refractivity contribution in [3.05, 3.63) is 46.7 Å². The molecule has 0 atom stereocenters. The summed E-state index contributed by atoms with van der Waals surface area (Å²) in [4.78, 5) is 0. The Hall–Kier alpha value is -1.46. The van der Waals surface area contributed by atoms with E-state index >= 15 is 0 Å². The number of benzene rings is 1. The van der Waals surface area contributed by atoms with Crippen LogP contribution < -0.4 is 0 Å². The Kier molecular flexibility index (Phi) is 4.40. The summed E-state index contributed by atoms with van der Waals surface area (Å²) < 4.78 is 43.1. The van der Waals surface area contributed by atoms with Gasteiger partial charge in [-0.1, -0.05) is 11.6 Å². The van der Waals surface area contributed by atoms with Gasteiger partial charge in [0.25, 0.3) is 0 Å². The van der Waals surface area contributed by atoms with E-state index in [1.54, 1.807) is 12.1 Å². The van der Waals surface area contributed by atoms with Crippen LogP contribution in [0.15, 0.2) is 34.7 Å². The van der Waals surface area contributed by atoms with E-state index in [1.165, 1.54) is 6.07 Å². The molecule has 2 nitrogen and oxygen atoms in total. The first-order valence-corrected chi connectivity index (χ1v) is 6.36. The Bertz CT molecular complexity index is 590. The number of furan rings is 1. The molecule has 0 spiro atoms. The maximum Gasteiger partial charge on any atom is 0.416 e. The molecule has 1 aromatic carbocycles. The number of hydrogen-bond donors (Lipinski definition) is 1. The molecule has 1 heterocycles. The number of halogens is 4. The fraction of sp³-hybridized carbons (Fsp3) is 0.286. The Labute approximate surface area is 118 Å². The van der Waals surface area contributed by atoms with Gasteiger partial charge in [-0.25, -0.2) is 0 Å². The number of aliphatic hydroxyl groups is 1. The van der Waals surface area contributed by atoms with E-state index in [0.29, 0.717) is 29.9 Å². The fourth-order valence-electron chi connectivity index (χ4n) is 1.80. The largest absolute Gasteiger partial charge is 0.461 e. The van der Waals surface area contributed by atoms with Crippen LogP contribution in [0, 0.1) is 0 Å². The molecule has 0 aliphatic rings. The Balaban J connectivity index is 2.27. The number of hydrogen-bond acceptors (Lipinski definition) is 2. The molecular weight excluding hydrogens is 293 g/mol. The van der Waals surface area contributed by atoms with Gasteiger partial charge in [0, 0.05) is 18.6 Å². The lowest BCUT2D eigenvalue weighted by Crippen LogP contribution is -2.04. The highest BCUT2D eigenvalue weighted by Gasteiger charge is 2.31. The second-order valence-corrected chi connectivity index (χ2v) is 4.69. The van der Waals surface area contributed by atoms with Crippen molar-refractivity contribution in [2.24, 2.45) is 0 Å². The quantitative estimate of drug-likeness (QED) is 0.899. The second-order valence-electron chi connectivity index (χ2n) is 4.29. The first-order valence-electron chi connectivity index (χ1n) is 5.98. The average molecular weight is 305 g/mol. The van der Waals surface area contributed by atoms with E-state index in [2.05, 4.69) is 0 Å². The zero-order valence-corrected chi connectivity index (χ0v) is 11.1. The van der Waals surface area contributed by atoms with E-state index in [-0.39, 0.29) is 11.6 Å². The summed E-state index contributed by atoms with van der Waals surface area (Å²) in [6, 6.07) is 6.52. The van der Waals surface area contributed by atoms with Crippen molar-refractivity contribution in [2.45, 2.75) is 19.0 Å². The standard InChI is InChI=1S/C14H12ClF3O2/c15-12-8-9(14(16,17)18)3-5-11(12)13-6-4-10(20-13)2-1-7-19/h3-6,8,19H,1-2,7H2. The maximum absolute atomic E-state index is 12.5. The minimum atomic E-state index is -4.42. The van der Waals surface area contributed by atoms with Gasteiger partial charge in [-0.3, -0.25) is 0 Å². The minimum absolute atomic E-state index is 0.0112. The van der Waals surface area contributed by atoms with Crippen molar-refractivity contribution < 1.29 is 22.7 Å². The maximum atomic E-state index is 12.5. The Morgan fingerprint density at radius 3 is 2.50 bits per heavy atom. The van der Waals surface area contributed by atoms with Crippen LogP contribution in [0.3, 0.4) is 0 Å². The molecule has 6 heteroatoms. The molecule has 0 bridgehead atoms. The second kappa shape index (κ2) is 5.89. The highest BCUT2D eigenvalue weighted by molar-refractivity contribution is 6.33. The van der Waals surface area contributed by atoms with Crippen LogP contribution in [0.1, 0.15) is 17.7 Å². The average Bonchev–Trinajstić information content (AvgIpc) is 2.83. The van der Waals surface area contributed by atoms with Crippen molar-refractivity contribution in [3.8, 4) is 11.3 Å². The summed E-state index contributed by atoms with van der Waals surface area (Å²) in [6.45, 7) is 0.0526. The van der Waals surface area contributed by atoms with Crippen molar-refractivity contribution in [3.63, 3.8) is 0 Å². The summed E-state index contributed by atoms with van der Waals surface area (Å²) >= 11 is 5.88. The molecule has 0 aliphatic carbocycles. The molecule has 0 amide bonds. The lowest BCUT2D eigenvalue weighted by molar-refractivity contribution is -0.137. The predicted molar refractivity (Wildman–Crippen MR) is 69.6 cm³/mol. The van der Waals surface area contributed by atoms with Gasteiger partial charge in [0.1, 0.15) is 11.5 Å². The molecule has 0 fully saturated rings. The molecule has 20 heavy (non-hydrogen) atoms. The number of alkyl halides is 3. The van der Waals surface area contributed by atoms with E-state index in [9.17, 15) is 13.2 Å². The smallest absolute Gasteiger partial charge is 0.416 e. The monoisotopic (exact) mass is 304 g/mol. The van der Waals surface area contributed by atoms with Crippen LogP contribution in [0.2, 0.25) is 5.02 Å². The van der Waals surface area contributed by atoms with Gasteiger partial charge in [0.05, 0.1) is 10.6 Å². The first kappa shape index (κ1) is 14.9.